The molecule has 4 fully saturated rings. The second kappa shape index (κ2) is 29.7. The van der Waals surface area contributed by atoms with Crippen LogP contribution in [-0.4, -0.2) is 143 Å². The summed E-state index contributed by atoms with van der Waals surface area (Å²) in [5.41, 5.74) is 1.38. The molecule has 1 amide bonds. The lowest BCUT2D eigenvalue weighted by atomic mass is 9.78. The first kappa shape index (κ1) is 61.9. The summed E-state index contributed by atoms with van der Waals surface area (Å²) in [4.78, 5) is 84.1. The van der Waals surface area contributed by atoms with Crippen molar-refractivity contribution in [2.75, 3.05) is 33.5 Å². The number of aliphatic hydroxyl groups excluding tert-OH is 1. The second-order valence-electron chi connectivity index (χ2n) is 22.7. The third-order valence-corrected chi connectivity index (χ3v) is 16.7. The maximum absolute atomic E-state index is 14.6. The molecule has 0 aromatic carbocycles. The normalized spacial score (nSPS) is 38.4. The molecule has 16 atom stereocenters. The number of nitrogens with zero attached hydrogens (tertiary/aromatic N) is 1. The number of hydrogen-bond acceptors (Lipinski definition) is 14. The van der Waals surface area contributed by atoms with Gasteiger partial charge in [0.25, 0.3) is 11.7 Å². The van der Waals surface area contributed by atoms with Crippen LogP contribution in [0.1, 0.15) is 158 Å². The van der Waals surface area contributed by atoms with E-state index in [2.05, 4.69) is 0 Å². The molecule has 16 nitrogen and oxygen atoms in total. The summed E-state index contributed by atoms with van der Waals surface area (Å²) in [6.07, 6.45) is 15.0. The topological polar surface area (TPSA) is 222 Å². The fourth-order valence-corrected chi connectivity index (χ4v) is 11.6. The van der Waals surface area contributed by atoms with Crippen LogP contribution in [0, 0.1) is 41.4 Å². The monoisotopic (exact) mass is 1050 g/mol. The van der Waals surface area contributed by atoms with Gasteiger partial charge < -0.3 is 48.6 Å². The Morgan fingerprint density at radius 3 is 2.33 bits per heavy atom. The number of cyclic esters (lactones) is 1. The number of ketones is 3. The van der Waals surface area contributed by atoms with Crippen LogP contribution >= 0.6 is 0 Å². The molecule has 4 aliphatic heterocycles. The standard InChI is InChI=1S/C59H91NO15/c1-10-46-54(64)40(6)29-36(2)17-12-11-13-18-37(3)50(73-35-45-25-28-71-45)33-44-23-21-42(8)59(69,75-44)56(66)57(67)60-26-15-14-19-47(60)58(68)74-51(34-48(61)38(4)30-41(7)55(46)65)39(5)31-43-22-24-49(52(32-43)70-9)72-27-16-20-53(62)63/h11-13,17-18,30,36,38-40,42-47,49-52,55,65,69H,10,14-16,19-29,31-35H2,1-9H3,(H,62,63)/b13-11+,17-12+,37-18+,41-30+. The van der Waals surface area contributed by atoms with Crippen LogP contribution in [0.15, 0.2) is 47.6 Å². The molecule has 75 heavy (non-hydrogen) atoms. The Balaban J connectivity index is 1.45. The van der Waals surface area contributed by atoms with Gasteiger partial charge in [-0.3, -0.25) is 24.0 Å². The molecule has 16 unspecified atom stereocenters. The molecule has 422 valence electrons. The molecule has 3 N–H and O–H groups in total. The number of Topliss-reactive ketones (excluding diaryl/α,β-unsaturated/α-hetero) is 3. The van der Waals surface area contributed by atoms with Crippen LogP contribution < -0.4 is 0 Å². The third-order valence-electron chi connectivity index (χ3n) is 16.7. The van der Waals surface area contributed by atoms with Gasteiger partial charge in [-0.15, -0.1) is 0 Å². The van der Waals surface area contributed by atoms with Crippen molar-refractivity contribution in [3.8, 4) is 0 Å². The minimum atomic E-state index is -2.46. The first-order valence-corrected chi connectivity index (χ1v) is 28.2. The Labute approximate surface area is 446 Å². The Hall–Kier alpha value is -3.90. The van der Waals surface area contributed by atoms with Gasteiger partial charge in [0.15, 0.2) is 0 Å². The van der Waals surface area contributed by atoms with Crippen molar-refractivity contribution in [2.45, 2.75) is 213 Å². The fraction of sp³-hybridized carbons (Fsp3) is 0.763. The molecule has 1 aliphatic carbocycles. The van der Waals surface area contributed by atoms with E-state index in [1.807, 2.05) is 65.0 Å². The van der Waals surface area contributed by atoms with E-state index in [1.165, 1.54) is 4.90 Å². The van der Waals surface area contributed by atoms with Crippen molar-refractivity contribution in [1.29, 1.82) is 0 Å². The summed E-state index contributed by atoms with van der Waals surface area (Å²) >= 11 is 0. The number of amides is 1. The van der Waals surface area contributed by atoms with E-state index in [0.717, 1.165) is 18.4 Å². The van der Waals surface area contributed by atoms with Crippen LogP contribution in [0.3, 0.4) is 0 Å². The average molecular weight is 1050 g/mol. The number of carboxylic acid groups (broad SMARTS) is 1. The highest BCUT2D eigenvalue weighted by atomic mass is 16.6. The number of rotatable bonds is 13. The minimum absolute atomic E-state index is 0.0111. The number of esters is 1. The van der Waals surface area contributed by atoms with Gasteiger partial charge in [-0.05, 0) is 126 Å². The van der Waals surface area contributed by atoms with Gasteiger partial charge in [0, 0.05) is 69.8 Å². The predicted octanol–water partition coefficient (Wildman–Crippen LogP) is 8.24. The molecule has 2 bridgehead atoms. The summed E-state index contributed by atoms with van der Waals surface area (Å²) < 4.78 is 36.7. The highest BCUT2D eigenvalue weighted by Crippen LogP contribution is 2.38. The molecule has 5 aliphatic rings. The van der Waals surface area contributed by atoms with Crippen molar-refractivity contribution in [1.82, 2.24) is 4.90 Å². The molecular weight excluding hydrogens is 963 g/mol. The largest absolute Gasteiger partial charge is 0.481 e. The number of aliphatic hydroxyl groups is 2. The van der Waals surface area contributed by atoms with Crippen LogP contribution in [-0.2, 0) is 57.2 Å². The number of ether oxygens (including phenoxy) is 6. The summed E-state index contributed by atoms with van der Waals surface area (Å²) in [5, 5.41) is 32.9. The lowest BCUT2D eigenvalue weighted by molar-refractivity contribution is -0.266. The zero-order chi connectivity index (χ0) is 55.0. The number of fused-ring (bicyclic) bond motifs is 3. The molecular formula is C59H91NO15. The molecule has 16 heteroatoms. The van der Waals surface area contributed by atoms with E-state index in [-0.39, 0.29) is 79.4 Å². The number of methoxy groups -OCH3 is 1. The number of carbonyl (C=O) groups is 6. The highest BCUT2D eigenvalue weighted by Gasteiger charge is 2.53. The van der Waals surface area contributed by atoms with E-state index in [9.17, 15) is 39.0 Å². The summed E-state index contributed by atoms with van der Waals surface area (Å²) in [5.74, 6) is -9.23. The van der Waals surface area contributed by atoms with E-state index in [4.69, 9.17) is 33.5 Å². The summed E-state index contributed by atoms with van der Waals surface area (Å²) in [7, 11) is 1.62. The van der Waals surface area contributed by atoms with Crippen LogP contribution in [0.25, 0.3) is 0 Å². The van der Waals surface area contributed by atoms with Crippen molar-refractivity contribution < 1.29 is 72.5 Å². The quantitative estimate of drug-likeness (QED) is 0.0684. The Morgan fingerprint density at radius 2 is 1.65 bits per heavy atom. The minimum Gasteiger partial charge on any atom is -0.481 e. The van der Waals surface area contributed by atoms with Crippen LogP contribution in [0.4, 0.5) is 0 Å². The molecule has 4 heterocycles. The number of piperidine rings is 1. The van der Waals surface area contributed by atoms with Gasteiger partial charge >= 0.3 is 11.9 Å². The fourth-order valence-electron chi connectivity index (χ4n) is 11.6. The number of hydrogen-bond donors (Lipinski definition) is 3. The van der Waals surface area contributed by atoms with Crippen molar-refractivity contribution >= 4 is 35.2 Å². The zero-order valence-electron chi connectivity index (χ0n) is 46.5. The van der Waals surface area contributed by atoms with E-state index < -0.39 is 77.6 Å². The first-order chi connectivity index (χ1) is 35.7. The van der Waals surface area contributed by atoms with Crippen LogP contribution in [0.2, 0.25) is 0 Å². The molecule has 3 saturated heterocycles. The molecule has 0 spiro atoms. The van der Waals surface area contributed by atoms with Gasteiger partial charge in [-0.1, -0.05) is 78.0 Å². The molecule has 5 rings (SSSR count). The van der Waals surface area contributed by atoms with Crippen molar-refractivity contribution in [2.24, 2.45) is 41.4 Å². The average Bonchev–Trinajstić information content (AvgIpc) is 3.36. The first-order valence-electron chi connectivity index (χ1n) is 28.2. The van der Waals surface area contributed by atoms with Gasteiger partial charge in [0.1, 0.15) is 23.7 Å². The van der Waals surface area contributed by atoms with E-state index in [1.54, 1.807) is 34.0 Å². The number of carbonyl (C=O) groups excluding carboxylic acids is 5. The van der Waals surface area contributed by atoms with Gasteiger partial charge in [-0.25, -0.2) is 4.79 Å². The predicted molar refractivity (Wildman–Crippen MR) is 282 cm³/mol. The Morgan fingerprint density at radius 1 is 0.907 bits per heavy atom. The lowest BCUT2D eigenvalue weighted by Gasteiger charge is -2.43. The lowest BCUT2D eigenvalue weighted by Crippen LogP contribution is -2.61. The Kier molecular flexibility index (Phi) is 24.6. The summed E-state index contributed by atoms with van der Waals surface area (Å²) in [6.45, 7) is 16.2. The smallest absolute Gasteiger partial charge is 0.329 e. The second-order valence-corrected chi connectivity index (χ2v) is 22.7. The van der Waals surface area contributed by atoms with Crippen molar-refractivity contribution in [3.05, 3.63) is 47.6 Å². The van der Waals surface area contributed by atoms with E-state index >= 15 is 0 Å². The number of aliphatic carboxylic acids is 1. The van der Waals surface area contributed by atoms with E-state index in [0.29, 0.717) is 96.0 Å². The Bertz CT molecular complexity index is 2040. The number of allylic oxidation sites excluding steroid dienone is 6. The third kappa shape index (κ3) is 17.6. The van der Waals surface area contributed by atoms with Gasteiger partial charge in [0.05, 0.1) is 43.2 Å². The van der Waals surface area contributed by atoms with Gasteiger partial charge in [0.2, 0.25) is 5.79 Å². The SMILES string of the molecule is CCC1C(=O)C(C)CC(C)/C=C/C=C/C=C(\C)C(OCC2CCO2)CC2CCC(C)C(O)(O2)C(=O)C(=O)N2CCCCC2C(=O)OC(C(C)CC2CCC(OCCCC(=O)O)C(OC)C2)CC(=O)C(C)/C=C(\C)C1O. The molecule has 1 saturated carbocycles. The highest BCUT2D eigenvalue weighted by molar-refractivity contribution is 6.39. The summed E-state index contributed by atoms with van der Waals surface area (Å²) in [6, 6.07) is -1.16. The maximum Gasteiger partial charge on any atom is 0.329 e. The van der Waals surface area contributed by atoms with Crippen LogP contribution in [0.5, 0.6) is 0 Å². The maximum atomic E-state index is 14.6. The molecule has 0 radical (unpaired) electrons. The zero-order valence-corrected chi connectivity index (χ0v) is 46.5. The number of carboxylic acids is 1. The molecule has 0 aromatic rings. The molecule has 0 aromatic heterocycles. The van der Waals surface area contributed by atoms with Crippen molar-refractivity contribution in [3.63, 3.8) is 0 Å². The van der Waals surface area contributed by atoms with Gasteiger partial charge in [-0.2, -0.15) is 0 Å².